The van der Waals surface area contributed by atoms with Crippen molar-refractivity contribution in [3.63, 3.8) is 0 Å². The molecule has 0 saturated carbocycles. The Balaban J connectivity index is 3.12. The molecule has 0 atom stereocenters. The van der Waals surface area contributed by atoms with Gasteiger partial charge >= 0.3 is 0 Å². The highest BCUT2D eigenvalue weighted by Gasteiger charge is 2.20. The summed E-state index contributed by atoms with van der Waals surface area (Å²) < 4.78 is 28.3. The van der Waals surface area contributed by atoms with Crippen molar-refractivity contribution in [1.29, 1.82) is 0 Å². The average Bonchev–Trinajstić information content (AvgIpc) is 2.35. The first-order valence-electron chi connectivity index (χ1n) is 6.13. The molecule has 112 valence electrons. The van der Waals surface area contributed by atoms with Crippen LogP contribution in [0.3, 0.4) is 0 Å². The van der Waals surface area contributed by atoms with Crippen LogP contribution in [0.4, 0.5) is 5.69 Å². The molecule has 1 aromatic rings. The molecule has 0 saturated heterocycles. The molecular formula is C13H20NO5S+. The van der Waals surface area contributed by atoms with E-state index in [1.807, 2.05) is 21.1 Å². The fourth-order valence-electron chi connectivity index (χ4n) is 1.59. The Bertz CT molecular complexity index is 575. The SMILES string of the molecule is CCOOS(=O)(=O)Cc1cc([N+](C)(C)C)ccc1C=O. The van der Waals surface area contributed by atoms with Crippen LogP contribution in [0.25, 0.3) is 0 Å². The molecular weight excluding hydrogens is 282 g/mol. The number of benzene rings is 1. The summed E-state index contributed by atoms with van der Waals surface area (Å²) in [5.41, 5.74) is 1.60. The van der Waals surface area contributed by atoms with Crippen LogP contribution < -0.4 is 4.48 Å². The van der Waals surface area contributed by atoms with Crippen molar-refractivity contribution in [2.45, 2.75) is 12.7 Å². The van der Waals surface area contributed by atoms with Crippen molar-refractivity contribution in [3.8, 4) is 0 Å². The Kier molecular flexibility index (Phi) is 5.41. The van der Waals surface area contributed by atoms with Gasteiger partial charge in [0.2, 0.25) is 0 Å². The van der Waals surface area contributed by atoms with Gasteiger partial charge in [-0.3, -0.25) is 9.28 Å². The zero-order valence-corrected chi connectivity index (χ0v) is 12.9. The van der Waals surface area contributed by atoms with Gasteiger partial charge in [-0.2, -0.15) is 8.42 Å². The maximum atomic E-state index is 11.7. The van der Waals surface area contributed by atoms with E-state index < -0.39 is 15.9 Å². The second kappa shape index (κ2) is 6.45. The monoisotopic (exact) mass is 302 g/mol. The van der Waals surface area contributed by atoms with Crippen LogP contribution in [0.2, 0.25) is 0 Å². The number of nitrogens with zero attached hydrogens (tertiary/aromatic N) is 1. The number of quaternary nitrogens is 1. The summed E-state index contributed by atoms with van der Waals surface area (Å²) in [6.07, 6.45) is 0.630. The fraction of sp³-hybridized carbons (Fsp3) is 0.462. The minimum Gasteiger partial charge on any atom is -0.298 e. The van der Waals surface area contributed by atoms with Gasteiger partial charge in [0.25, 0.3) is 10.1 Å². The van der Waals surface area contributed by atoms with Gasteiger partial charge in [0.05, 0.1) is 27.7 Å². The topological polar surface area (TPSA) is 69.7 Å². The molecule has 0 aromatic heterocycles. The molecule has 7 heteroatoms. The van der Waals surface area contributed by atoms with Crippen molar-refractivity contribution in [2.24, 2.45) is 0 Å². The molecule has 20 heavy (non-hydrogen) atoms. The van der Waals surface area contributed by atoms with E-state index in [2.05, 4.69) is 9.22 Å². The molecule has 0 heterocycles. The fourth-order valence-corrected chi connectivity index (χ4v) is 2.51. The second-order valence-corrected chi connectivity index (χ2v) is 6.73. The molecule has 0 aliphatic heterocycles. The van der Waals surface area contributed by atoms with Gasteiger partial charge in [-0.1, -0.05) is 0 Å². The summed E-state index contributed by atoms with van der Waals surface area (Å²) in [5.74, 6) is -0.408. The minimum absolute atomic E-state index is 0.124. The van der Waals surface area contributed by atoms with Crippen molar-refractivity contribution in [1.82, 2.24) is 4.48 Å². The van der Waals surface area contributed by atoms with E-state index in [0.29, 0.717) is 21.9 Å². The third-order valence-electron chi connectivity index (χ3n) is 2.63. The molecule has 0 aliphatic carbocycles. The van der Waals surface area contributed by atoms with E-state index in [9.17, 15) is 13.2 Å². The predicted molar refractivity (Wildman–Crippen MR) is 76.7 cm³/mol. The summed E-state index contributed by atoms with van der Waals surface area (Å²) in [6, 6.07) is 5.09. The highest BCUT2D eigenvalue weighted by molar-refractivity contribution is 7.85. The van der Waals surface area contributed by atoms with Gasteiger partial charge in [0.15, 0.2) is 0 Å². The van der Waals surface area contributed by atoms with Gasteiger partial charge in [-0.15, -0.1) is 4.33 Å². The quantitative estimate of drug-likeness (QED) is 0.330. The molecule has 0 unspecified atom stereocenters. The second-order valence-electron chi connectivity index (χ2n) is 5.19. The molecule has 0 spiro atoms. The normalized spacial score (nSPS) is 12.4. The van der Waals surface area contributed by atoms with Crippen LogP contribution in [0, 0.1) is 0 Å². The zero-order chi connectivity index (χ0) is 15.4. The lowest BCUT2D eigenvalue weighted by Gasteiger charge is -2.24. The van der Waals surface area contributed by atoms with Crippen LogP contribution in [-0.4, -0.2) is 42.5 Å². The Labute approximate surface area is 119 Å². The van der Waals surface area contributed by atoms with Gasteiger partial charge in [0, 0.05) is 11.6 Å². The first kappa shape index (κ1) is 16.8. The standard InChI is InChI=1S/C13H20NO5S/c1-5-18-19-20(16,17)10-12-8-13(14(2,3)4)7-6-11(12)9-15/h6-9H,5,10H2,1-4H3/q+1. The first-order chi connectivity index (χ1) is 9.19. The summed E-state index contributed by atoms with van der Waals surface area (Å²) in [5, 5.41) is 0. The van der Waals surface area contributed by atoms with E-state index in [1.165, 1.54) is 0 Å². The van der Waals surface area contributed by atoms with Gasteiger partial charge in [0.1, 0.15) is 17.7 Å². The Morgan fingerprint density at radius 3 is 2.40 bits per heavy atom. The largest absolute Gasteiger partial charge is 0.298 e. The molecule has 0 amide bonds. The summed E-state index contributed by atoms with van der Waals surface area (Å²) in [6.45, 7) is 1.74. The number of aldehydes is 1. The highest BCUT2D eigenvalue weighted by atomic mass is 32.2. The Morgan fingerprint density at radius 2 is 1.90 bits per heavy atom. The highest BCUT2D eigenvalue weighted by Crippen LogP contribution is 2.22. The lowest BCUT2D eigenvalue weighted by molar-refractivity contribution is -0.196. The average molecular weight is 302 g/mol. The van der Waals surface area contributed by atoms with E-state index in [0.717, 1.165) is 5.69 Å². The minimum atomic E-state index is -3.88. The Morgan fingerprint density at radius 1 is 1.25 bits per heavy atom. The number of hydrogen-bond acceptors (Lipinski definition) is 5. The smallest absolute Gasteiger partial charge is 0.297 e. The third-order valence-corrected chi connectivity index (χ3v) is 3.60. The maximum Gasteiger partial charge on any atom is 0.297 e. The number of hydrogen-bond donors (Lipinski definition) is 0. The van der Waals surface area contributed by atoms with E-state index >= 15 is 0 Å². The van der Waals surface area contributed by atoms with Crippen LogP contribution in [0.15, 0.2) is 18.2 Å². The van der Waals surface area contributed by atoms with E-state index in [1.54, 1.807) is 25.1 Å². The van der Waals surface area contributed by atoms with Gasteiger partial charge in [-0.05, 0) is 24.6 Å². The van der Waals surface area contributed by atoms with Crippen molar-refractivity contribution < 1.29 is 22.4 Å². The molecule has 1 rings (SSSR count). The summed E-state index contributed by atoms with van der Waals surface area (Å²) in [7, 11) is 1.97. The first-order valence-corrected chi connectivity index (χ1v) is 7.71. The zero-order valence-electron chi connectivity index (χ0n) is 12.1. The Hall–Kier alpha value is -1.28. The van der Waals surface area contributed by atoms with Crippen molar-refractivity contribution in [3.05, 3.63) is 29.3 Å². The number of carbonyl (C=O) groups excluding carboxylic acids is 1. The third kappa shape index (κ3) is 4.68. The molecule has 0 bridgehead atoms. The van der Waals surface area contributed by atoms with Gasteiger partial charge < -0.3 is 0 Å². The van der Waals surface area contributed by atoms with Crippen LogP contribution >= 0.6 is 0 Å². The van der Waals surface area contributed by atoms with Crippen LogP contribution in [0.5, 0.6) is 0 Å². The van der Waals surface area contributed by atoms with E-state index in [-0.39, 0.29) is 6.61 Å². The molecule has 1 aromatic carbocycles. The maximum absolute atomic E-state index is 11.7. The summed E-state index contributed by atoms with van der Waals surface area (Å²) >= 11 is 0. The molecule has 0 radical (unpaired) electrons. The number of carbonyl (C=O) groups is 1. The molecule has 0 fully saturated rings. The molecule has 0 N–H and O–H groups in total. The molecule has 6 nitrogen and oxygen atoms in total. The van der Waals surface area contributed by atoms with E-state index in [4.69, 9.17) is 0 Å². The lowest BCUT2D eigenvalue weighted by atomic mass is 10.1. The van der Waals surface area contributed by atoms with Crippen molar-refractivity contribution in [2.75, 3.05) is 27.7 Å². The lowest BCUT2D eigenvalue weighted by Crippen LogP contribution is -2.34. The molecule has 0 aliphatic rings. The van der Waals surface area contributed by atoms with Gasteiger partial charge in [-0.25, -0.2) is 4.89 Å². The van der Waals surface area contributed by atoms with Crippen LogP contribution in [0.1, 0.15) is 22.8 Å². The summed E-state index contributed by atoms with van der Waals surface area (Å²) in [4.78, 5) is 15.5. The van der Waals surface area contributed by atoms with Crippen molar-refractivity contribution >= 4 is 22.1 Å². The predicted octanol–water partition coefficient (Wildman–Crippen LogP) is 1.49. The number of rotatable bonds is 7. The van der Waals surface area contributed by atoms with Crippen LogP contribution in [-0.2, 0) is 25.1 Å².